The second-order valence-corrected chi connectivity index (χ2v) is 7.14. The number of imide groups is 1. The standard InChI is InChI=1S/C19H17ClN4O2/c1-10-6-11(2)8-14(7-10)24-17-16(21-22-24)18(25)23(19(17)26)13-5-4-12(3)15(20)9-13/h4-9,16-17H,1-3H3/t16-,17-/m0/s1. The van der Waals surface area contributed by atoms with Gasteiger partial charge >= 0.3 is 0 Å². The Morgan fingerprint density at radius 2 is 1.62 bits per heavy atom. The lowest BCUT2D eigenvalue weighted by atomic mass is 10.1. The van der Waals surface area contributed by atoms with E-state index < -0.39 is 12.1 Å². The van der Waals surface area contributed by atoms with Crippen LogP contribution in [-0.4, -0.2) is 23.9 Å². The van der Waals surface area contributed by atoms with Crippen LogP contribution in [0.3, 0.4) is 0 Å². The van der Waals surface area contributed by atoms with E-state index in [0.29, 0.717) is 10.7 Å². The number of carbonyl (C=O) groups is 2. The second kappa shape index (κ2) is 5.92. The second-order valence-electron chi connectivity index (χ2n) is 6.73. The third kappa shape index (κ3) is 2.49. The number of carbonyl (C=O) groups excluding carboxylic acids is 2. The summed E-state index contributed by atoms with van der Waals surface area (Å²) in [5, 5.41) is 10.2. The maximum absolute atomic E-state index is 13.0. The fraction of sp³-hybridized carbons (Fsp3) is 0.263. The minimum atomic E-state index is -0.830. The van der Waals surface area contributed by atoms with Gasteiger partial charge in [-0.25, -0.2) is 9.91 Å². The molecule has 0 saturated carbocycles. The van der Waals surface area contributed by atoms with Gasteiger partial charge in [0.05, 0.1) is 11.4 Å². The molecular formula is C19H17ClN4O2. The molecule has 132 valence electrons. The fourth-order valence-electron chi connectivity index (χ4n) is 3.43. The molecule has 2 atom stereocenters. The molecule has 0 aliphatic carbocycles. The van der Waals surface area contributed by atoms with Crippen molar-refractivity contribution in [2.45, 2.75) is 32.9 Å². The Labute approximate surface area is 156 Å². The van der Waals surface area contributed by atoms with E-state index in [1.807, 2.05) is 39.0 Å². The highest BCUT2D eigenvalue weighted by atomic mass is 35.5. The summed E-state index contributed by atoms with van der Waals surface area (Å²) in [4.78, 5) is 27.0. The highest BCUT2D eigenvalue weighted by Gasteiger charge is 2.55. The molecule has 2 heterocycles. The van der Waals surface area contributed by atoms with Crippen molar-refractivity contribution in [3.8, 4) is 0 Å². The number of halogens is 1. The van der Waals surface area contributed by atoms with E-state index in [2.05, 4.69) is 10.3 Å². The molecule has 1 saturated heterocycles. The van der Waals surface area contributed by atoms with E-state index in [-0.39, 0.29) is 11.8 Å². The zero-order chi connectivity index (χ0) is 18.6. The number of amides is 2. The van der Waals surface area contributed by atoms with Crippen LogP contribution in [0.2, 0.25) is 5.02 Å². The predicted molar refractivity (Wildman–Crippen MR) is 99.5 cm³/mol. The van der Waals surface area contributed by atoms with Gasteiger partial charge in [0.25, 0.3) is 11.8 Å². The summed E-state index contributed by atoms with van der Waals surface area (Å²) < 4.78 is 0. The number of aryl methyl sites for hydroxylation is 3. The van der Waals surface area contributed by atoms with Gasteiger partial charge in [-0.05, 0) is 61.7 Å². The van der Waals surface area contributed by atoms with Gasteiger partial charge in [-0.3, -0.25) is 9.59 Å². The Hall–Kier alpha value is -2.73. The molecule has 7 heteroatoms. The Balaban J connectivity index is 1.72. The molecule has 26 heavy (non-hydrogen) atoms. The van der Waals surface area contributed by atoms with Crippen molar-refractivity contribution < 1.29 is 9.59 Å². The van der Waals surface area contributed by atoms with E-state index >= 15 is 0 Å². The minimum Gasteiger partial charge on any atom is -0.271 e. The van der Waals surface area contributed by atoms with E-state index in [9.17, 15) is 9.59 Å². The number of hydrogen-bond donors (Lipinski definition) is 0. The number of benzene rings is 2. The molecule has 4 rings (SSSR count). The first-order chi connectivity index (χ1) is 12.4. The fourth-order valence-corrected chi connectivity index (χ4v) is 3.61. The van der Waals surface area contributed by atoms with Crippen LogP contribution >= 0.6 is 11.6 Å². The molecule has 2 aliphatic rings. The summed E-state index contributed by atoms with van der Waals surface area (Å²) in [6.07, 6.45) is 0. The number of hydrogen-bond acceptors (Lipinski definition) is 5. The maximum atomic E-state index is 13.0. The van der Waals surface area contributed by atoms with Gasteiger partial charge in [0.15, 0.2) is 12.1 Å². The van der Waals surface area contributed by atoms with Crippen LogP contribution in [0, 0.1) is 20.8 Å². The number of nitrogens with zero attached hydrogens (tertiary/aromatic N) is 4. The lowest BCUT2D eigenvalue weighted by Crippen LogP contribution is -2.40. The van der Waals surface area contributed by atoms with Crippen molar-refractivity contribution in [3.63, 3.8) is 0 Å². The first-order valence-electron chi connectivity index (χ1n) is 8.29. The molecule has 0 bridgehead atoms. The van der Waals surface area contributed by atoms with E-state index in [1.54, 1.807) is 23.2 Å². The number of rotatable bonds is 2. The van der Waals surface area contributed by atoms with Crippen LogP contribution in [0.1, 0.15) is 16.7 Å². The third-order valence-corrected chi connectivity index (χ3v) is 5.07. The monoisotopic (exact) mass is 368 g/mol. The van der Waals surface area contributed by atoms with Gasteiger partial charge in [-0.2, -0.15) is 5.11 Å². The van der Waals surface area contributed by atoms with Crippen LogP contribution in [0.4, 0.5) is 11.4 Å². The van der Waals surface area contributed by atoms with Crippen molar-refractivity contribution in [2.24, 2.45) is 10.3 Å². The molecular weight excluding hydrogens is 352 g/mol. The van der Waals surface area contributed by atoms with Gasteiger partial charge in [-0.1, -0.05) is 29.0 Å². The molecule has 0 unspecified atom stereocenters. The lowest BCUT2D eigenvalue weighted by molar-refractivity contribution is -0.121. The summed E-state index contributed by atoms with van der Waals surface area (Å²) >= 11 is 6.17. The zero-order valence-corrected chi connectivity index (χ0v) is 15.4. The molecule has 2 aromatic rings. The van der Waals surface area contributed by atoms with Gasteiger partial charge in [-0.15, -0.1) is 0 Å². The molecule has 2 aliphatic heterocycles. The van der Waals surface area contributed by atoms with Crippen molar-refractivity contribution >= 4 is 34.8 Å². The van der Waals surface area contributed by atoms with Gasteiger partial charge in [0, 0.05) is 5.02 Å². The predicted octanol–water partition coefficient (Wildman–Crippen LogP) is 3.76. The first kappa shape index (κ1) is 16.7. The Morgan fingerprint density at radius 3 is 2.27 bits per heavy atom. The molecule has 0 N–H and O–H groups in total. The van der Waals surface area contributed by atoms with Gasteiger partial charge < -0.3 is 0 Å². The molecule has 2 aromatic carbocycles. The van der Waals surface area contributed by atoms with Crippen molar-refractivity contribution in [2.75, 3.05) is 9.91 Å². The van der Waals surface area contributed by atoms with Gasteiger partial charge in [0.2, 0.25) is 0 Å². The summed E-state index contributed by atoms with van der Waals surface area (Å²) in [5.41, 5.74) is 4.20. The molecule has 0 spiro atoms. The summed E-state index contributed by atoms with van der Waals surface area (Å²) in [7, 11) is 0. The van der Waals surface area contributed by atoms with Crippen LogP contribution in [0.5, 0.6) is 0 Å². The highest BCUT2D eigenvalue weighted by molar-refractivity contribution is 6.32. The van der Waals surface area contributed by atoms with Crippen LogP contribution in [0.15, 0.2) is 46.7 Å². The smallest absolute Gasteiger partial charge is 0.263 e. The number of anilines is 2. The molecule has 1 fully saturated rings. The average Bonchev–Trinajstić information content (AvgIpc) is 3.11. The van der Waals surface area contributed by atoms with Crippen molar-refractivity contribution in [1.29, 1.82) is 0 Å². The molecule has 2 amide bonds. The largest absolute Gasteiger partial charge is 0.271 e. The molecule has 0 aromatic heterocycles. The van der Waals surface area contributed by atoms with Crippen molar-refractivity contribution in [3.05, 3.63) is 58.1 Å². The zero-order valence-electron chi connectivity index (χ0n) is 14.6. The normalized spacial score (nSPS) is 21.7. The third-order valence-electron chi connectivity index (χ3n) is 4.67. The first-order valence-corrected chi connectivity index (χ1v) is 8.67. The minimum absolute atomic E-state index is 0.343. The average molecular weight is 369 g/mol. The molecule has 0 radical (unpaired) electrons. The quantitative estimate of drug-likeness (QED) is 0.758. The van der Waals surface area contributed by atoms with E-state index in [0.717, 1.165) is 27.3 Å². The lowest BCUT2D eigenvalue weighted by Gasteiger charge is -2.21. The van der Waals surface area contributed by atoms with Gasteiger partial charge in [0.1, 0.15) is 0 Å². The summed E-state index contributed by atoms with van der Waals surface area (Å²) in [6.45, 7) is 5.82. The highest BCUT2D eigenvalue weighted by Crippen LogP contribution is 2.36. The number of fused-ring (bicyclic) bond motifs is 1. The Kier molecular flexibility index (Phi) is 3.80. The van der Waals surface area contributed by atoms with Crippen LogP contribution in [-0.2, 0) is 9.59 Å². The summed E-state index contributed by atoms with van der Waals surface area (Å²) in [5.74, 6) is -0.723. The molecule has 6 nitrogen and oxygen atoms in total. The van der Waals surface area contributed by atoms with E-state index in [1.165, 1.54) is 0 Å². The summed E-state index contributed by atoms with van der Waals surface area (Å²) in [6, 6.07) is 9.44. The van der Waals surface area contributed by atoms with Crippen LogP contribution < -0.4 is 9.91 Å². The Morgan fingerprint density at radius 1 is 0.923 bits per heavy atom. The van der Waals surface area contributed by atoms with Crippen LogP contribution in [0.25, 0.3) is 0 Å². The van der Waals surface area contributed by atoms with E-state index in [4.69, 9.17) is 11.6 Å². The van der Waals surface area contributed by atoms with Crippen molar-refractivity contribution in [1.82, 2.24) is 0 Å². The topological polar surface area (TPSA) is 65.3 Å². The Bertz CT molecular complexity index is 952. The maximum Gasteiger partial charge on any atom is 0.263 e. The SMILES string of the molecule is Cc1cc(C)cc(N2N=N[C@@H]3C(=O)N(c4ccc(C)c(Cl)c4)C(=O)[C@H]32)c1.